The molecular formula is C11H19N3O5. The van der Waals surface area contributed by atoms with Gasteiger partial charge in [0.25, 0.3) is 0 Å². The Morgan fingerprint density at radius 3 is 2.74 bits per heavy atom. The number of carboxylic acid groups (broad SMARTS) is 1. The van der Waals surface area contributed by atoms with Gasteiger partial charge in [-0.05, 0) is 6.42 Å². The summed E-state index contributed by atoms with van der Waals surface area (Å²) in [6.07, 6.45) is -0.258. The van der Waals surface area contributed by atoms with E-state index >= 15 is 0 Å². The fourth-order valence-electron chi connectivity index (χ4n) is 1.75. The largest absolute Gasteiger partial charge is 0.480 e. The molecule has 0 aromatic carbocycles. The maximum Gasteiger partial charge on any atom is 0.326 e. The van der Waals surface area contributed by atoms with Crippen molar-refractivity contribution >= 4 is 17.8 Å². The number of aliphatic carboxylic acids is 1. The van der Waals surface area contributed by atoms with E-state index in [2.05, 4.69) is 10.6 Å². The molecule has 0 radical (unpaired) electrons. The van der Waals surface area contributed by atoms with Crippen LogP contribution in [0.3, 0.4) is 0 Å². The maximum atomic E-state index is 11.7. The third-order valence-corrected chi connectivity index (χ3v) is 2.73. The minimum absolute atomic E-state index is 0.0137. The minimum atomic E-state index is -1.18. The summed E-state index contributed by atoms with van der Waals surface area (Å²) in [6.45, 7) is 1.84. The zero-order valence-electron chi connectivity index (χ0n) is 10.6. The first-order valence-electron chi connectivity index (χ1n) is 6.12. The van der Waals surface area contributed by atoms with Gasteiger partial charge >= 0.3 is 5.97 Å². The highest BCUT2D eigenvalue weighted by atomic mass is 16.5. The third-order valence-electron chi connectivity index (χ3n) is 2.73. The molecule has 0 saturated carbocycles. The lowest BCUT2D eigenvalue weighted by Crippen LogP contribution is -2.45. The number of carboxylic acids is 1. The number of primary amides is 1. The highest BCUT2D eigenvalue weighted by Crippen LogP contribution is 2.03. The smallest absolute Gasteiger partial charge is 0.326 e. The Labute approximate surface area is 110 Å². The molecule has 1 fully saturated rings. The average Bonchev–Trinajstić information content (AvgIpc) is 2.35. The fourth-order valence-corrected chi connectivity index (χ4v) is 1.75. The van der Waals surface area contributed by atoms with Gasteiger partial charge in [-0.25, -0.2) is 4.79 Å². The quantitative estimate of drug-likeness (QED) is 0.433. The molecule has 5 N–H and O–H groups in total. The molecule has 19 heavy (non-hydrogen) atoms. The van der Waals surface area contributed by atoms with E-state index in [0.717, 1.165) is 6.54 Å². The first-order chi connectivity index (χ1) is 8.99. The SMILES string of the molecule is NC(=O)CC[C@@H](NC(=O)CC1CNCCO1)C(=O)O. The molecule has 108 valence electrons. The van der Waals surface area contributed by atoms with Crippen LogP contribution in [0, 0.1) is 0 Å². The topological polar surface area (TPSA) is 131 Å². The van der Waals surface area contributed by atoms with Crippen molar-refractivity contribution in [2.45, 2.75) is 31.4 Å². The highest BCUT2D eigenvalue weighted by Gasteiger charge is 2.23. The second-order valence-corrected chi connectivity index (χ2v) is 4.36. The monoisotopic (exact) mass is 273 g/mol. The van der Waals surface area contributed by atoms with Crippen molar-refractivity contribution in [2.24, 2.45) is 5.73 Å². The molecule has 1 heterocycles. The Morgan fingerprint density at radius 2 is 2.21 bits per heavy atom. The van der Waals surface area contributed by atoms with Crippen LogP contribution in [0.4, 0.5) is 0 Å². The molecule has 0 spiro atoms. The molecule has 0 aromatic rings. The van der Waals surface area contributed by atoms with E-state index in [0.29, 0.717) is 13.2 Å². The van der Waals surface area contributed by atoms with Crippen molar-refractivity contribution in [2.75, 3.05) is 19.7 Å². The van der Waals surface area contributed by atoms with Gasteiger partial charge in [0.15, 0.2) is 0 Å². The van der Waals surface area contributed by atoms with Crippen molar-refractivity contribution in [3.63, 3.8) is 0 Å². The lowest BCUT2D eigenvalue weighted by Gasteiger charge is -2.23. The zero-order chi connectivity index (χ0) is 14.3. The van der Waals surface area contributed by atoms with Gasteiger partial charge in [-0.1, -0.05) is 0 Å². The van der Waals surface area contributed by atoms with Crippen LogP contribution in [-0.2, 0) is 19.1 Å². The summed E-state index contributed by atoms with van der Waals surface area (Å²) < 4.78 is 5.34. The predicted octanol–water partition coefficient (Wildman–Crippen LogP) is -1.80. The minimum Gasteiger partial charge on any atom is -0.480 e. The van der Waals surface area contributed by atoms with Crippen LogP contribution in [0.5, 0.6) is 0 Å². The Bertz CT molecular complexity index is 341. The second kappa shape index (κ2) is 7.70. The second-order valence-electron chi connectivity index (χ2n) is 4.36. The van der Waals surface area contributed by atoms with Gasteiger partial charge in [0.2, 0.25) is 11.8 Å². The molecule has 1 saturated heterocycles. The van der Waals surface area contributed by atoms with Crippen molar-refractivity contribution in [1.29, 1.82) is 0 Å². The molecule has 1 aliphatic rings. The average molecular weight is 273 g/mol. The number of nitrogens with one attached hydrogen (secondary N) is 2. The van der Waals surface area contributed by atoms with E-state index in [-0.39, 0.29) is 25.4 Å². The number of rotatable bonds is 7. The number of nitrogens with two attached hydrogens (primary N) is 1. The van der Waals surface area contributed by atoms with E-state index in [1.807, 2.05) is 0 Å². The van der Waals surface area contributed by atoms with Crippen molar-refractivity contribution < 1.29 is 24.2 Å². The number of morpholine rings is 1. The first kappa shape index (κ1) is 15.4. The lowest BCUT2D eigenvalue weighted by atomic mass is 10.1. The van der Waals surface area contributed by atoms with Crippen molar-refractivity contribution in [3.8, 4) is 0 Å². The molecule has 8 nitrogen and oxygen atoms in total. The molecule has 1 aliphatic heterocycles. The Kier molecular flexibility index (Phi) is 6.23. The molecule has 2 amide bonds. The van der Waals surface area contributed by atoms with E-state index in [9.17, 15) is 14.4 Å². The van der Waals surface area contributed by atoms with Crippen molar-refractivity contribution in [1.82, 2.24) is 10.6 Å². The molecule has 2 atom stereocenters. The van der Waals surface area contributed by atoms with Crippen LogP contribution < -0.4 is 16.4 Å². The van der Waals surface area contributed by atoms with Gasteiger partial charge in [-0.2, -0.15) is 0 Å². The fraction of sp³-hybridized carbons (Fsp3) is 0.727. The van der Waals surface area contributed by atoms with Crippen LogP contribution in [0.2, 0.25) is 0 Å². The number of ether oxygens (including phenoxy) is 1. The Morgan fingerprint density at radius 1 is 1.47 bits per heavy atom. The molecular weight excluding hydrogens is 254 g/mol. The summed E-state index contributed by atoms with van der Waals surface area (Å²) in [7, 11) is 0. The van der Waals surface area contributed by atoms with Crippen LogP contribution in [0.1, 0.15) is 19.3 Å². The highest BCUT2D eigenvalue weighted by molar-refractivity contribution is 5.84. The molecule has 1 unspecified atom stereocenters. The Hall–Kier alpha value is -1.67. The summed E-state index contributed by atoms with van der Waals surface area (Å²) in [5, 5.41) is 14.4. The number of hydrogen-bond donors (Lipinski definition) is 4. The van der Waals surface area contributed by atoms with E-state index in [1.165, 1.54) is 0 Å². The van der Waals surface area contributed by atoms with Crippen LogP contribution in [-0.4, -0.2) is 54.7 Å². The van der Waals surface area contributed by atoms with Gasteiger partial charge < -0.3 is 26.2 Å². The number of amides is 2. The van der Waals surface area contributed by atoms with Crippen LogP contribution in [0.15, 0.2) is 0 Å². The number of carbonyl (C=O) groups is 3. The third kappa shape index (κ3) is 6.16. The summed E-state index contributed by atoms with van der Waals surface area (Å²) in [5.41, 5.74) is 4.95. The van der Waals surface area contributed by atoms with Crippen molar-refractivity contribution in [3.05, 3.63) is 0 Å². The van der Waals surface area contributed by atoms with E-state index in [1.54, 1.807) is 0 Å². The molecule has 1 rings (SSSR count). The normalized spacial score (nSPS) is 20.5. The zero-order valence-corrected chi connectivity index (χ0v) is 10.6. The molecule has 0 aliphatic carbocycles. The van der Waals surface area contributed by atoms with Gasteiger partial charge in [0, 0.05) is 19.5 Å². The Balaban J connectivity index is 2.37. The van der Waals surface area contributed by atoms with Crippen LogP contribution in [0.25, 0.3) is 0 Å². The maximum absolute atomic E-state index is 11.7. The van der Waals surface area contributed by atoms with E-state index in [4.69, 9.17) is 15.6 Å². The molecule has 8 heteroatoms. The lowest BCUT2D eigenvalue weighted by molar-refractivity contribution is -0.142. The standard InChI is InChI=1S/C11H19N3O5/c12-9(15)2-1-8(11(17)18)14-10(16)5-7-6-13-3-4-19-7/h7-8,13H,1-6H2,(H2,12,15)(H,14,16)(H,17,18)/t7?,8-/m1/s1. The predicted molar refractivity (Wildman–Crippen MR) is 65.2 cm³/mol. The van der Waals surface area contributed by atoms with Gasteiger partial charge in [0.05, 0.1) is 19.1 Å². The van der Waals surface area contributed by atoms with Crippen LogP contribution >= 0.6 is 0 Å². The summed E-state index contributed by atoms with van der Waals surface area (Å²) in [4.78, 5) is 33.2. The van der Waals surface area contributed by atoms with Gasteiger partial charge in [-0.15, -0.1) is 0 Å². The number of hydrogen-bond acceptors (Lipinski definition) is 5. The summed E-state index contributed by atoms with van der Waals surface area (Å²) >= 11 is 0. The summed E-state index contributed by atoms with van der Waals surface area (Å²) in [5.74, 6) is -2.19. The molecule has 0 aromatic heterocycles. The van der Waals surface area contributed by atoms with Gasteiger partial charge in [0.1, 0.15) is 6.04 Å². The number of carbonyl (C=O) groups excluding carboxylic acids is 2. The van der Waals surface area contributed by atoms with Gasteiger partial charge in [-0.3, -0.25) is 9.59 Å². The summed E-state index contributed by atoms with van der Waals surface area (Å²) in [6, 6.07) is -1.10. The first-order valence-corrected chi connectivity index (χ1v) is 6.12. The van der Waals surface area contributed by atoms with E-state index < -0.39 is 23.8 Å². The molecule has 0 bridgehead atoms.